The van der Waals surface area contributed by atoms with Gasteiger partial charge >= 0.3 is 0 Å². The Kier molecular flexibility index (Phi) is 8.48. The second-order valence-corrected chi connectivity index (χ2v) is 3.36. The number of hydrogen-bond acceptors (Lipinski definition) is 4. The molecular weight excluding hydrogens is 226 g/mol. The zero-order chi connectivity index (χ0) is 10.9. The molecule has 1 rings (SSSR count). The third-order valence-electron chi connectivity index (χ3n) is 2.20. The molecule has 0 saturated carbocycles. The summed E-state index contributed by atoms with van der Waals surface area (Å²) in [6, 6.07) is 5.57. The van der Waals surface area contributed by atoms with E-state index in [0.717, 1.165) is 37.9 Å². The van der Waals surface area contributed by atoms with Crippen LogP contribution in [0.5, 0.6) is 0 Å². The van der Waals surface area contributed by atoms with Crippen LogP contribution in [-0.4, -0.2) is 22.4 Å². The summed E-state index contributed by atoms with van der Waals surface area (Å²) >= 11 is 0. The molecule has 0 aliphatic carbocycles. The molecule has 0 amide bonds. The zero-order valence-corrected chi connectivity index (χ0v) is 9.99. The fourth-order valence-corrected chi connectivity index (χ4v) is 1.38. The Hall–Kier alpha value is -1.13. The first-order valence-electron chi connectivity index (χ1n) is 5.21. The summed E-state index contributed by atoms with van der Waals surface area (Å²) in [6.45, 7) is 0.717. The fraction of sp³-hybridized carbons (Fsp3) is 0.455. The Morgan fingerprint density at radius 1 is 1.31 bits per heavy atom. The number of hydrogen-bond donors (Lipinski definition) is 2. The van der Waals surface area contributed by atoms with E-state index in [1.165, 1.54) is 0 Å². The van der Waals surface area contributed by atoms with Crippen molar-refractivity contribution in [3.05, 3.63) is 30.1 Å². The van der Waals surface area contributed by atoms with E-state index >= 15 is 0 Å². The van der Waals surface area contributed by atoms with Crippen molar-refractivity contribution in [1.29, 1.82) is 0 Å². The van der Waals surface area contributed by atoms with Crippen molar-refractivity contribution in [2.45, 2.75) is 25.7 Å². The van der Waals surface area contributed by atoms with Gasteiger partial charge in [-0.3, -0.25) is 4.98 Å². The molecule has 1 aromatic heterocycles. The topological polar surface area (TPSA) is 71.5 Å². The Bertz CT molecular complexity index is 303. The van der Waals surface area contributed by atoms with E-state index < -0.39 is 0 Å². The van der Waals surface area contributed by atoms with Crippen LogP contribution < -0.4 is 5.73 Å². The van der Waals surface area contributed by atoms with E-state index in [4.69, 9.17) is 10.9 Å². The van der Waals surface area contributed by atoms with Crippen molar-refractivity contribution in [3.8, 4) is 0 Å². The van der Waals surface area contributed by atoms with E-state index in [2.05, 4.69) is 10.1 Å². The van der Waals surface area contributed by atoms with Gasteiger partial charge in [0.05, 0.1) is 5.69 Å². The molecule has 0 aliphatic heterocycles. The van der Waals surface area contributed by atoms with Gasteiger partial charge in [-0.05, 0) is 37.9 Å². The predicted molar refractivity (Wildman–Crippen MR) is 67.3 cm³/mol. The van der Waals surface area contributed by atoms with Gasteiger partial charge in [0.25, 0.3) is 0 Å². The highest BCUT2D eigenvalue weighted by Crippen LogP contribution is 2.06. The zero-order valence-electron chi connectivity index (χ0n) is 9.17. The van der Waals surface area contributed by atoms with Crippen molar-refractivity contribution in [1.82, 2.24) is 4.98 Å². The van der Waals surface area contributed by atoms with Crippen molar-refractivity contribution in [3.63, 3.8) is 0 Å². The first-order chi connectivity index (χ1) is 7.38. The van der Waals surface area contributed by atoms with Gasteiger partial charge in [0.2, 0.25) is 0 Å². The quantitative estimate of drug-likeness (QED) is 0.348. The third-order valence-corrected chi connectivity index (χ3v) is 2.20. The van der Waals surface area contributed by atoms with Gasteiger partial charge in [-0.2, -0.15) is 0 Å². The van der Waals surface area contributed by atoms with Crippen LogP contribution in [0.2, 0.25) is 0 Å². The van der Waals surface area contributed by atoms with E-state index in [1.807, 2.05) is 18.2 Å². The monoisotopic (exact) mass is 243 g/mol. The molecule has 90 valence electrons. The first-order valence-corrected chi connectivity index (χ1v) is 5.21. The van der Waals surface area contributed by atoms with Crippen molar-refractivity contribution in [2.24, 2.45) is 10.9 Å². The van der Waals surface area contributed by atoms with Crippen molar-refractivity contribution in [2.75, 3.05) is 6.54 Å². The minimum atomic E-state index is 0. The first kappa shape index (κ1) is 14.9. The lowest BCUT2D eigenvalue weighted by molar-refractivity contribution is 0.317. The summed E-state index contributed by atoms with van der Waals surface area (Å²) in [7, 11) is 0. The van der Waals surface area contributed by atoms with E-state index in [1.54, 1.807) is 6.20 Å². The molecular formula is C11H18ClN3O. The molecule has 4 nitrogen and oxygen atoms in total. The molecule has 0 spiro atoms. The summed E-state index contributed by atoms with van der Waals surface area (Å²) in [5, 5.41) is 12.1. The molecule has 5 heteroatoms. The maximum Gasteiger partial charge on any atom is 0.105 e. The van der Waals surface area contributed by atoms with Crippen LogP contribution >= 0.6 is 12.4 Å². The molecule has 16 heavy (non-hydrogen) atoms. The van der Waals surface area contributed by atoms with Crippen molar-refractivity contribution >= 4 is 18.1 Å². The average Bonchev–Trinajstić information content (AvgIpc) is 2.30. The molecule has 3 N–H and O–H groups in total. The highest BCUT2D eigenvalue weighted by molar-refractivity contribution is 5.98. The number of nitrogens with two attached hydrogens (primary N) is 1. The van der Waals surface area contributed by atoms with E-state index in [-0.39, 0.29) is 12.4 Å². The lowest BCUT2D eigenvalue weighted by atomic mass is 10.1. The summed E-state index contributed by atoms with van der Waals surface area (Å²) in [5.74, 6) is 0. The lowest BCUT2D eigenvalue weighted by Gasteiger charge is -2.02. The summed E-state index contributed by atoms with van der Waals surface area (Å²) in [6.07, 6.45) is 5.49. The molecule has 1 aromatic rings. The molecule has 0 unspecified atom stereocenters. The second-order valence-electron chi connectivity index (χ2n) is 3.36. The number of aromatic nitrogens is 1. The molecule has 0 aliphatic rings. The van der Waals surface area contributed by atoms with E-state index in [9.17, 15) is 0 Å². The fourth-order valence-electron chi connectivity index (χ4n) is 1.38. The van der Waals surface area contributed by atoms with Crippen molar-refractivity contribution < 1.29 is 5.21 Å². The van der Waals surface area contributed by atoms with Gasteiger partial charge in [-0.25, -0.2) is 0 Å². The Labute approximate surface area is 102 Å². The van der Waals surface area contributed by atoms with Crippen LogP contribution in [0.3, 0.4) is 0 Å². The normalized spacial score (nSPS) is 10.9. The maximum absolute atomic E-state index is 8.86. The molecule has 1 heterocycles. The molecule has 0 bridgehead atoms. The van der Waals surface area contributed by atoms with Crippen LogP contribution in [0.1, 0.15) is 31.4 Å². The summed E-state index contributed by atoms with van der Waals surface area (Å²) < 4.78 is 0. The van der Waals surface area contributed by atoms with Gasteiger partial charge in [0.1, 0.15) is 5.71 Å². The van der Waals surface area contributed by atoms with Gasteiger partial charge in [-0.15, -0.1) is 12.4 Å². The number of nitrogens with zero attached hydrogens (tertiary/aromatic N) is 2. The van der Waals surface area contributed by atoms with Gasteiger partial charge < -0.3 is 10.9 Å². The van der Waals surface area contributed by atoms with Crippen LogP contribution in [0, 0.1) is 0 Å². The van der Waals surface area contributed by atoms with Gasteiger partial charge in [0, 0.05) is 6.20 Å². The minimum Gasteiger partial charge on any atom is -0.411 e. The average molecular weight is 244 g/mol. The van der Waals surface area contributed by atoms with Crippen LogP contribution in [0.25, 0.3) is 0 Å². The van der Waals surface area contributed by atoms with Crippen LogP contribution in [0.4, 0.5) is 0 Å². The number of rotatable bonds is 6. The Morgan fingerprint density at radius 2 is 2.12 bits per heavy atom. The molecule has 0 saturated heterocycles. The smallest absolute Gasteiger partial charge is 0.105 e. The minimum absolute atomic E-state index is 0. The maximum atomic E-state index is 8.86. The highest BCUT2D eigenvalue weighted by Gasteiger charge is 2.04. The second kappa shape index (κ2) is 9.12. The molecule has 0 atom stereocenters. The Morgan fingerprint density at radius 3 is 2.69 bits per heavy atom. The van der Waals surface area contributed by atoms with Crippen LogP contribution in [-0.2, 0) is 0 Å². The standard InChI is InChI=1S/C11H17N3O.ClH/c12-8-4-1-2-7-11(14-15)10-6-3-5-9-13-10;/h3,5-6,9,15H,1-2,4,7-8,12H2;1H/b14-11+;. The van der Waals surface area contributed by atoms with E-state index in [0.29, 0.717) is 5.71 Å². The molecule has 0 fully saturated rings. The number of oxime groups is 1. The Balaban J connectivity index is 0.00000225. The number of pyridine rings is 1. The third kappa shape index (κ3) is 5.09. The SMILES string of the molecule is Cl.NCCCCC/C(=N\O)c1ccccn1. The van der Waals surface area contributed by atoms with Gasteiger partial charge in [0.15, 0.2) is 0 Å². The van der Waals surface area contributed by atoms with Crippen LogP contribution in [0.15, 0.2) is 29.6 Å². The largest absolute Gasteiger partial charge is 0.411 e. The number of halogens is 1. The lowest BCUT2D eigenvalue weighted by Crippen LogP contribution is -2.04. The summed E-state index contributed by atoms with van der Waals surface area (Å²) in [4.78, 5) is 4.13. The molecule has 0 radical (unpaired) electrons. The molecule has 0 aromatic carbocycles. The summed E-state index contributed by atoms with van der Waals surface area (Å²) in [5.41, 5.74) is 6.79. The highest BCUT2D eigenvalue weighted by atomic mass is 35.5. The van der Waals surface area contributed by atoms with Gasteiger partial charge in [-0.1, -0.05) is 17.6 Å². The number of unbranched alkanes of at least 4 members (excludes halogenated alkanes) is 2. The predicted octanol–water partition coefficient (Wildman–Crippen LogP) is 2.20.